The molecule has 0 radical (unpaired) electrons. The Morgan fingerprint density at radius 3 is 2.70 bits per heavy atom. The van der Waals surface area contributed by atoms with Crippen LogP contribution >= 0.6 is 0 Å². The number of rotatable bonds is 8. The second kappa shape index (κ2) is 9.60. The number of amidine groups is 1. The van der Waals surface area contributed by atoms with E-state index >= 15 is 0 Å². The van der Waals surface area contributed by atoms with E-state index in [9.17, 15) is 4.79 Å². The molecule has 0 bridgehead atoms. The highest BCUT2D eigenvalue weighted by Gasteiger charge is 2.08. The lowest BCUT2D eigenvalue weighted by molar-refractivity contribution is -0.120. The lowest BCUT2D eigenvalue weighted by Crippen LogP contribution is -2.20. The van der Waals surface area contributed by atoms with Gasteiger partial charge < -0.3 is 20.6 Å². The number of amides is 1. The summed E-state index contributed by atoms with van der Waals surface area (Å²) in [6.07, 6.45) is 0. The normalized spacial score (nSPS) is 11.2. The first-order valence-electron chi connectivity index (χ1n) is 9.45. The van der Waals surface area contributed by atoms with Crippen molar-refractivity contribution in [1.82, 2.24) is 9.78 Å². The van der Waals surface area contributed by atoms with Gasteiger partial charge in [-0.3, -0.25) is 9.48 Å². The molecule has 0 aliphatic rings. The van der Waals surface area contributed by atoms with E-state index in [-0.39, 0.29) is 18.3 Å². The lowest BCUT2D eigenvalue weighted by Gasteiger charge is -2.09. The second-order valence-electron chi connectivity index (χ2n) is 6.78. The summed E-state index contributed by atoms with van der Waals surface area (Å²) in [4.78, 5) is 17.2. The molecule has 0 spiro atoms. The number of hydrogen-bond acceptors (Lipinski definition) is 5. The summed E-state index contributed by atoms with van der Waals surface area (Å²) in [5.41, 5.74) is 10.4. The fourth-order valence-corrected chi connectivity index (χ4v) is 2.98. The number of anilines is 1. The summed E-state index contributed by atoms with van der Waals surface area (Å²) in [6.45, 7) is 4.34. The molecule has 0 saturated heterocycles. The molecule has 8 heteroatoms. The van der Waals surface area contributed by atoms with Crippen LogP contribution in [0, 0.1) is 13.8 Å². The van der Waals surface area contributed by atoms with Crippen molar-refractivity contribution in [3.8, 4) is 5.75 Å². The monoisotopic (exact) mass is 407 g/mol. The number of hydrogen-bond donors (Lipinski definition) is 2. The van der Waals surface area contributed by atoms with Gasteiger partial charge in [0.15, 0.2) is 12.4 Å². The minimum atomic E-state index is -0.366. The SMILES string of the molecule is COc1ccccc1NC(=O)CO/N=C(/N)c1cccc(Cn2nc(C)cc2C)c1. The van der Waals surface area contributed by atoms with E-state index in [1.807, 2.05) is 54.9 Å². The van der Waals surface area contributed by atoms with Crippen LogP contribution < -0.4 is 15.8 Å². The first-order chi connectivity index (χ1) is 14.5. The van der Waals surface area contributed by atoms with E-state index < -0.39 is 0 Å². The third kappa shape index (κ3) is 5.38. The van der Waals surface area contributed by atoms with E-state index in [0.29, 0.717) is 23.5 Å². The van der Waals surface area contributed by atoms with Crippen LogP contribution in [0.5, 0.6) is 5.75 Å². The van der Waals surface area contributed by atoms with Gasteiger partial charge >= 0.3 is 0 Å². The Bertz CT molecular complexity index is 1060. The largest absolute Gasteiger partial charge is 0.495 e. The molecule has 0 unspecified atom stereocenters. The number of oxime groups is 1. The molecule has 0 aliphatic carbocycles. The Kier molecular flexibility index (Phi) is 6.69. The number of nitrogens with two attached hydrogens (primary N) is 1. The molecule has 1 amide bonds. The van der Waals surface area contributed by atoms with Crippen molar-refractivity contribution in [3.63, 3.8) is 0 Å². The number of nitrogens with one attached hydrogen (secondary N) is 1. The Morgan fingerprint density at radius 1 is 1.17 bits per heavy atom. The number of ether oxygens (including phenoxy) is 1. The Balaban J connectivity index is 1.59. The summed E-state index contributed by atoms with van der Waals surface area (Å²) < 4.78 is 7.13. The Hall–Kier alpha value is -3.81. The number of carbonyl (C=O) groups is 1. The topological polar surface area (TPSA) is 104 Å². The third-order valence-electron chi connectivity index (χ3n) is 4.40. The molecule has 3 N–H and O–H groups in total. The predicted molar refractivity (Wildman–Crippen MR) is 116 cm³/mol. The molecule has 1 aromatic heterocycles. The number of methoxy groups -OCH3 is 1. The zero-order valence-electron chi connectivity index (χ0n) is 17.3. The maximum Gasteiger partial charge on any atom is 0.265 e. The maximum absolute atomic E-state index is 12.1. The number of para-hydroxylation sites is 2. The second-order valence-corrected chi connectivity index (χ2v) is 6.78. The van der Waals surface area contributed by atoms with Gasteiger partial charge in [-0.15, -0.1) is 0 Å². The van der Waals surface area contributed by atoms with Crippen LogP contribution in [0.4, 0.5) is 5.69 Å². The lowest BCUT2D eigenvalue weighted by atomic mass is 10.1. The molecule has 1 heterocycles. The Morgan fingerprint density at radius 2 is 1.97 bits per heavy atom. The third-order valence-corrected chi connectivity index (χ3v) is 4.40. The molecular weight excluding hydrogens is 382 g/mol. The molecule has 0 atom stereocenters. The summed E-state index contributed by atoms with van der Waals surface area (Å²) in [6, 6.07) is 16.8. The summed E-state index contributed by atoms with van der Waals surface area (Å²) >= 11 is 0. The average Bonchev–Trinajstić information content (AvgIpc) is 3.05. The molecule has 156 valence electrons. The van der Waals surface area contributed by atoms with Crippen molar-refractivity contribution in [3.05, 3.63) is 77.1 Å². The average molecular weight is 407 g/mol. The molecule has 30 heavy (non-hydrogen) atoms. The predicted octanol–water partition coefficient (Wildman–Crippen LogP) is 2.83. The molecule has 3 aromatic rings. The van der Waals surface area contributed by atoms with E-state index in [0.717, 1.165) is 17.0 Å². The highest BCUT2D eigenvalue weighted by atomic mass is 16.6. The van der Waals surface area contributed by atoms with Crippen LogP contribution in [0.3, 0.4) is 0 Å². The fourth-order valence-electron chi connectivity index (χ4n) is 2.98. The van der Waals surface area contributed by atoms with Crippen LogP contribution in [0.1, 0.15) is 22.5 Å². The van der Waals surface area contributed by atoms with Crippen LogP contribution in [-0.4, -0.2) is 35.2 Å². The minimum Gasteiger partial charge on any atom is -0.495 e. The molecule has 8 nitrogen and oxygen atoms in total. The standard InChI is InChI=1S/C22H25N5O3/c1-15-11-16(2)27(25-15)13-17-7-6-8-18(12-17)22(23)26-30-14-21(28)24-19-9-4-5-10-20(19)29-3/h4-12H,13-14H2,1-3H3,(H2,23,26)(H,24,28). The van der Waals surface area contributed by atoms with E-state index in [4.69, 9.17) is 15.3 Å². The van der Waals surface area contributed by atoms with Crippen molar-refractivity contribution in [1.29, 1.82) is 0 Å². The zero-order valence-corrected chi connectivity index (χ0v) is 17.3. The van der Waals surface area contributed by atoms with E-state index in [2.05, 4.69) is 15.6 Å². The number of aromatic nitrogens is 2. The van der Waals surface area contributed by atoms with Crippen LogP contribution in [0.15, 0.2) is 59.8 Å². The van der Waals surface area contributed by atoms with Gasteiger partial charge in [0.25, 0.3) is 5.91 Å². The van der Waals surface area contributed by atoms with Gasteiger partial charge in [0.1, 0.15) is 5.75 Å². The van der Waals surface area contributed by atoms with Crippen molar-refractivity contribution >= 4 is 17.4 Å². The van der Waals surface area contributed by atoms with Crippen LogP contribution in [0.25, 0.3) is 0 Å². The van der Waals surface area contributed by atoms with Gasteiger partial charge in [-0.1, -0.05) is 35.5 Å². The van der Waals surface area contributed by atoms with E-state index in [1.54, 1.807) is 18.2 Å². The maximum atomic E-state index is 12.1. The number of nitrogens with zero attached hydrogens (tertiary/aromatic N) is 3. The van der Waals surface area contributed by atoms with Crippen molar-refractivity contribution in [2.24, 2.45) is 10.9 Å². The molecular formula is C22H25N5O3. The molecule has 0 saturated carbocycles. The zero-order chi connectivity index (χ0) is 21.5. The fraction of sp³-hybridized carbons (Fsp3) is 0.227. The highest BCUT2D eigenvalue weighted by molar-refractivity contribution is 5.97. The van der Waals surface area contributed by atoms with Gasteiger partial charge in [-0.25, -0.2) is 0 Å². The quantitative estimate of drug-likeness (QED) is 0.339. The first kappa shape index (κ1) is 20.9. The van der Waals surface area contributed by atoms with Crippen molar-refractivity contribution in [2.75, 3.05) is 19.0 Å². The minimum absolute atomic E-state index is 0.190. The van der Waals surface area contributed by atoms with Gasteiger partial charge in [0.2, 0.25) is 0 Å². The molecule has 2 aromatic carbocycles. The summed E-state index contributed by atoms with van der Waals surface area (Å²) in [5.74, 6) is 0.387. The van der Waals surface area contributed by atoms with Gasteiger partial charge in [0.05, 0.1) is 25.0 Å². The summed E-state index contributed by atoms with van der Waals surface area (Å²) in [7, 11) is 1.54. The van der Waals surface area contributed by atoms with E-state index in [1.165, 1.54) is 7.11 Å². The molecule has 0 aliphatic heterocycles. The van der Waals surface area contributed by atoms with Gasteiger partial charge in [0, 0.05) is 11.3 Å². The number of carbonyl (C=O) groups excluding carboxylic acids is 1. The van der Waals surface area contributed by atoms with Gasteiger partial charge in [-0.05, 0) is 43.7 Å². The Labute approximate surface area is 175 Å². The first-order valence-corrected chi connectivity index (χ1v) is 9.45. The highest BCUT2D eigenvalue weighted by Crippen LogP contribution is 2.22. The van der Waals surface area contributed by atoms with Gasteiger partial charge in [-0.2, -0.15) is 5.10 Å². The van der Waals surface area contributed by atoms with Crippen molar-refractivity contribution < 1.29 is 14.4 Å². The smallest absolute Gasteiger partial charge is 0.265 e. The van der Waals surface area contributed by atoms with Crippen molar-refractivity contribution in [2.45, 2.75) is 20.4 Å². The number of benzene rings is 2. The molecule has 3 rings (SSSR count). The summed E-state index contributed by atoms with van der Waals surface area (Å²) in [5, 5.41) is 11.1. The van der Waals surface area contributed by atoms with Crippen LogP contribution in [-0.2, 0) is 16.2 Å². The molecule has 0 fully saturated rings. The van der Waals surface area contributed by atoms with Crippen LogP contribution in [0.2, 0.25) is 0 Å². The number of aryl methyl sites for hydroxylation is 2.